The summed E-state index contributed by atoms with van der Waals surface area (Å²) < 4.78 is 15.6. The number of anilines is 2. The van der Waals surface area contributed by atoms with Crippen LogP contribution in [0.3, 0.4) is 0 Å². The fourth-order valence-electron chi connectivity index (χ4n) is 2.93. The topological polar surface area (TPSA) is 124 Å². The van der Waals surface area contributed by atoms with Crippen molar-refractivity contribution in [3.05, 3.63) is 57.7 Å². The average Bonchev–Trinajstić information content (AvgIpc) is 3.34. The van der Waals surface area contributed by atoms with Gasteiger partial charge in [-0.25, -0.2) is 9.38 Å². The van der Waals surface area contributed by atoms with E-state index in [-0.39, 0.29) is 29.4 Å². The third-order valence-electron chi connectivity index (χ3n) is 4.52. The van der Waals surface area contributed by atoms with E-state index in [2.05, 4.69) is 30.4 Å². The Hall–Kier alpha value is -3.66. The highest BCUT2D eigenvalue weighted by atomic mass is 35.5. The number of rotatable bonds is 4. The molecule has 0 saturated heterocycles. The lowest BCUT2D eigenvalue weighted by Crippen LogP contribution is -2.24. The van der Waals surface area contributed by atoms with Gasteiger partial charge in [-0.15, -0.1) is 0 Å². The van der Waals surface area contributed by atoms with Gasteiger partial charge in [-0.3, -0.25) is 4.98 Å². The van der Waals surface area contributed by atoms with Gasteiger partial charge in [0.2, 0.25) is 5.95 Å². The molecule has 3 heterocycles. The van der Waals surface area contributed by atoms with E-state index < -0.39 is 5.82 Å². The molecule has 0 unspecified atom stereocenters. The Morgan fingerprint density at radius 2 is 2.10 bits per heavy atom. The van der Waals surface area contributed by atoms with Crippen LogP contribution in [0.5, 0.6) is 11.8 Å². The molecule has 1 aliphatic carbocycles. The largest absolute Gasteiger partial charge is 0.494 e. The maximum absolute atomic E-state index is 14.2. The van der Waals surface area contributed by atoms with Crippen molar-refractivity contribution < 1.29 is 14.6 Å². The van der Waals surface area contributed by atoms with Crippen LogP contribution in [-0.4, -0.2) is 40.8 Å². The number of nitrogens with zero attached hydrogens (tertiary/aromatic N) is 5. The number of hydrogen-bond donors (Lipinski definition) is 4. The highest BCUT2D eigenvalue weighted by Gasteiger charge is 2.21. The first-order valence-electron chi connectivity index (χ1n) is 9.10. The minimum absolute atomic E-state index is 0.124. The van der Waals surface area contributed by atoms with Crippen molar-refractivity contribution in [2.45, 2.75) is 18.9 Å². The second kappa shape index (κ2) is 6.99. The first kappa shape index (κ1) is 18.4. The number of fused-ring (bicyclic) bond motifs is 1. The fourth-order valence-corrected chi connectivity index (χ4v) is 3.10. The van der Waals surface area contributed by atoms with E-state index in [9.17, 15) is 14.6 Å². The van der Waals surface area contributed by atoms with Gasteiger partial charge in [0.15, 0.2) is 17.4 Å². The molecule has 5 rings (SSSR count). The van der Waals surface area contributed by atoms with Crippen molar-refractivity contribution in [1.82, 2.24) is 24.6 Å². The number of benzene rings is 1. The van der Waals surface area contributed by atoms with Gasteiger partial charge < -0.3 is 15.5 Å². The van der Waals surface area contributed by atoms with Crippen molar-refractivity contribution in [2.75, 3.05) is 5.32 Å². The number of nitrogens with one attached hydrogen (secondary N) is 2. The van der Waals surface area contributed by atoms with Crippen LogP contribution in [0, 0.1) is 5.82 Å². The summed E-state index contributed by atoms with van der Waals surface area (Å²) in [4.78, 5) is 15.8. The second-order valence-electron chi connectivity index (χ2n) is 6.89. The van der Waals surface area contributed by atoms with Crippen molar-refractivity contribution in [3.8, 4) is 11.8 Å². The Morgan fingerprint density at radius 1 is 1.27 bits per heavy atom. The molecule has 11 heteroatoms. The van der Waals surface area contributed by atoms with Crippen LogP contribution in [0.15, 0.2) is 35.5 Å². The predicted molar refractivity (Wildman–Crippen MR) is 107 cm³/mol. The third-order valence-corrected chi connectivity index (χ3v) is 4.76. The lowest BCUT2D eigenvalue weighted by Gasteiger charge is -2.07. The van der Waals surface area contributed by atoms with Gasteiger partial charge in [0.1, 0.15) is 5.82 Å². The zero-order chi connectivity index (χ0) is 20.8. The fraction of sp³-hybridized carbons (Fsp3) is 0.158. The molecule has 4 N–H and O–H groups in total. The third kappa shape index (κ3) is 3.52. The summed E-state index contributed by atoms with van der Waals surface area (Å²) in [5.41, 5.74) is 1.21. The van der Waals surface area contributed by atoms with E-state index in [0.29, 0.717) is 27.1 Å². The van der Waals surface area contributed by atoms with E-state index in [1.807, 2.05) is 0 Å². The Kier molecular flexibility index (Phi) is 4.28. The molecule has 152 valence electrons. The number of aromatic nitrogens is 5. The molecule has 3 aromatic heterocycles. The molecule has 0 atom stereocenters. The zero-order valence-electron chi connectivity index (χ0n) is 15.3. The summed E-state index contributed by atoms with van der Waals surface area (Å²) >= 11 is 5.97. The Bertz CT molecular complexity index is 1390. The summed E-state index contributed by atoms with van der Waals surface area (Å²) in [6, 6.07) is 5.67. The SMILES string of the molecule is Oc1cc(C=c2cnn3c(=NC4CC4)nc(Nc4cc(Cl)ccc4F)nc23)c(O)[nH]1. The molecule has 30 heavy (non-hydrogen) atoms. The van der Waals surface area contributed by atoms with E-state index in [1.165, 1.54) is 28.8 Å². The van der Waals surface area contributed by atoms with Gasteiger partial charge >= 0.3 is 0 Å². The summed E-state index contributed by atoms with van der Waals surface area (Å²) in [6.45, 7) is 0. The highest BCUT2D eigenvalue weighted by molar-refractivity contribution is 6.30. The van der Waals surface area contributed by atoms with Gasteiger partial charge in [-0.2, -0.15) is 19.6 Å². The van der Waals surface area contributed by atoms with Gasteiger partial charge in [0, 0.05) is 21.9 Å². The number of H-pyrrole nitrogens is 1. The molecule has 4 aromatic rings. The summed E-state index contributed by atoms with van der Waals surface area (Å²) in [6.07, 6.45) is 5.08. The molecule has 0 spiro atoms. The van der Waals surface area contributed by atoms with Crippen molar-refractivity contribution in [2.24, 2.45) is 4.99 Å². The highest BCUT2D eigenvalue weighted by Crippen LogP contribution is 2.24. The molecule has 0 radical (unpaired) electrons. The number of hydrogen-bond acceptors (Lipinski definition) is 7. The van der Waals surface area contributed by atoms with Crippen LogP contribution in [0.4, 0.5) is 16.0 Å². The smallest absolute Gasteiger partial charge is 0.251 e. The molecular weight excluding hydrogens is 413 g/mol. The van der Waals surface area contributed by atoms with Crippen molar-refractivity contribution in [1.29, 1.82) is 0 Å². The predicted octanol–water partition coefficient (Wildman–Crippen LogP) is 2.01. The quantitative estimate of drug-likeness (QED) is 0.395. The van der Waals surface area contributed by atoms with Crippen molar-refractivity contribution >= 4 is 35.0 Å². The van der Waals surface area contributed by atoms with Gasteiger partial charge in [0.25, 0.3) is 5.62 Å². The Balaban J connectivity index is 1.68. The van der Waals surface area contributed by atoms with Gasteiger partial charge in [-0.1, -0.05) is 11.6 Å². The van der Waals surface area contributed by atoms with Crippen LogP contribution in [0.2, 0.25) is 5.02 Å². The molecule has 1 aliphatic rings. The molecule has 0 aliphatic heterocycles. The lowest BCUT2D eigenvalue weighted by atomic mass is 10.2. The minimum atomic E-state index is -0.503. The van der Waals surface area contributed by atoms with E-state index in [1.54, 1.807) is 12.3 Å². The molecule has 0 amide bonds. The van der Waals surface area contributed by atoms with Crippen molar-refractivity contribution in [3.63, 3.8) is 0 Å². The first-order valence-corrected chi connectivity index (χ1v) is 9.48. The monoisotopic (exact) mass is 427 g/mol. The molecular formula is C19H15ClFN7O2. The van der Waals surface area contributed by atoms with E-state index in [4.69, 9.17) is 11.6 Å². The van der Waals surface area contributed by atoms with E-state index >= 15 is 0 Å². The number of aromatic amines is 1. The second-order valence-corrected chi connectivity index (χ2v) is 7.33. The van der Waals surface area contributed by atoms with Crippen LogP contribution in [0.25, 0.3) is 11.7 Å². The van der Waals surface area contributed by atoms with E-state index in [0.717, 1.165) is 12.8 Å². The standard InChI is InChI=1S/C19H15ClFN7O2/c20-11-1-4-13(21)14(7-11)24-18-26-16-10(5-9-6-15(29)25-17(9)30)8-22-28(16)19(27-18)23-12-2-3-12/h1,4-8,12,25,29-30H,2-3H2,(H,23,24,27). The lowest BCUT2D eigenvalue weighted by molar-refractivity contribution is 0.425. The Labute approximate surface area is 173 Å². The van der Waals surface area contributed by atoms with Gasteiger partial charge in [-0.05, 0) is 37.1 Å². The summed E-state index contributed by atoms with van der Waals surface area (Å²) in [5, 5.41) is 27.5. The number of aromatic hydroxyl groups is 2. The molecule has 1 saturated carbocycles. The molecule has 1 fully saturated rings. The van der Waals surface area contributed by atoms with Crippen LogP contribution in [0.1, 0.15) is 18.4 Å². The summed E-state index contributed by atoms with van der Waals surface area (Å²) in [7, 11) is 0. The molecule has 1 aromatic carbocycles. The first-order chi connectivity index (χ1) is 14.5. The minimum Gasteiger partial charge on any atom is -0.494 e. The molecule has 9 nitrogen and oxygen atoms in total. The van der Waals surface area contributed by atoms with Crippen LogP contribution in [-0.2, 0) is 0 Å². The zero-order valence-corrected chi connectivity index (χ0v) is 16.1. The average molecular weight is 428 g/mol. The van der Waals surface area contributed by atoms with Crippen LogP contribution >= 0.6 is 11.6 Å². The normalized spacial score (nSPS) is 15.3. The molecule has 0 bridgehead atoms. The Morgan fingerprint density at radius 3 is 2.83 bits per heavy atom. The van der Waals surface area contributed by atoms with Gasteiger partial charge in [0.05, 0.1) is 17.9 Å². The maximum Gasteiger partial charge on any atom is 0.251 e. The number of halogens is 2. The maximum atomic E-state index is 14.2. The summed E-state index contributed by atoms with van der Waals surface area (Å²) in [5.74, 6) is -0.743. The van der Waals surface area contributed by atoms with Crippen LogP contribution < -0.4 is 16.2 Å².